The smallest absolute Gasteiger partial charge is 0.250 e. The maximum atomic E-state index is 13.2. The van der Waals surface area contributed by atoms with Gasteiger partial charge in [-0.15, -0.1) is 11.3 Å². The molecular weight excluding hydrogens is 484 g/mol. The number of hydrogen-bond donors (Lipinski definition) is 1. The number of thiophene rings is 1. The van der Waals surface area contributed by atoms with E-state index >= 15 is 0 Å². The lowest BCUT2D eigenvalue weighted by molar-refractivity contribution is 0.0993. The number of aldehydes is 1. The fraction of sp³-hybridized carbons (Fsp3) is 0.241. The van der Waals surface area contributed by atoms with Gasteiger partial charge in [-0.1, -0.05) is 19.9 Å². The van der Waals surface area contributed by atoms with Gasteiger partial charge in [-0.05, 0) is 54.0 Å². The van der Waals surface area contributed by atoms with Crippen LogP contribution >= 0.6 is 11.3 Å². The van der Waals surface area contributed by atoms with Crippen LogP contribution in [0, 0.1) is 5.92 Å². The molecule has 0 spiro atoms. The number of benzene rings is 2. The van der Waals surface area contributed by atoms with E-state index in [1.807, 2.05) is 49.0 Å². The van der Waals surface area contributed by atoms with E-state index in [1.54, 1.807) is 4.68 Å². The minimum Gasteiger partial charge on any atom is -0.366 e. The number of carbonyl (C=O) groups excluding carboxylic acids is 3. The van der Waals surface area contributed by atoms with Gasteiger partial charge in [0.05, 0.1) is 21.7 Å². The number of nitrogens with zero attached hydrogens (tertiary/aromatic N) is 3. The van der Waals surface area contributed by atoms with Crippen molar-refractivity contribution in [2.45, 2.75) is 33.2 Å². The van der Waals surface area contributed by atoms with Gasteiger partial charge in [0.1, 0.15) is 0 Å². The second kappa shape index (κ2) is 8.52. The molecule has 3 heterocycles. The third-order valence-corrected chi connectivity index (χ3v) is 8.01. The molecule has 8 heteroatoms. The monoisotopic (exact) mass is 510 g/mol. The molecule has 0 atom stereocenters. The number of rotatable bonds is 6. The maximum Gasteiger partial charge on any atom is 0.250 e. The normalized spacial score (nSPS) is 12.8. The number of carbonyl (C=O) groups is 3. The quantitative estimate of drug-likeness (QED) is 0.252. The SMILES string of the molecule is CC(C)Cn1c2ccc(C(=O)c3cccs3)cc2c2c(C=O)c(C(N)=O)c3c(c21)CCc1nn(C)cc1-3. The zero-order valence-corrected chi connectivity index (χ0v) is 21.7. The van der Waals surface area contributed by atoms with Crippen molar-refractivity contribution < 1.29 is 14.4 Å². The number of nitrogens with two attached hydrogens (primary N) is 1. The zero-order valence-electron chi connectivity index (χ0n) is 20.9. The van der Waals surface area contributed by atoms with E-state index in [-0.39, 0.29) is 16.9 Å². The molecule has 0 aliphatic heterocycles. The minimum atomic E-state index is -0.646. The van der Waals surface area contributed by atoms with E-state index in [4.69, 9.17) is 5.73 Å². The first-order chi connectivity index (χ1) is 17.8. The summed E-state index contributed by atoms with van der Waals surface area (Å²) < 4.78 is 3.98. The molecule has 7 nitrogen and oxygen atoms in total. The van der Waals surface area contributed by atoms with E-state index in [0.29, 0.717) is 33.7 Å². The van der Waals surface area contributed by atoms with Crippen molar-refractivity contribution in [2.75, 3.05) is 0 Å². The molecule has 1 amide bonds. The molecule has 37 heavy (non-hydrogen) atoms. The molecule has 1 aliphatic rings. The summed E-state index contributed by atoms with van der Waals surface area (Å²) >= 11 is 1.40. The van der Waals surface area contributed by atoms with Crippen LogP contribution in [0.25, 0.3) is 32.9 Å². The lowest BCUT2D eigenvalue weighted by Crippen LogP contribution is -2.19. The summed E-state index contributed by atoms with van der Waals surface area (Å²) in [5.74, 6) is -0.384. The van der Waals surface area contributed by atoms with Gasteiger partial charge in [-0.3, -0.25) is 19.1 Å². The molecule has 0 unspecified atom stereocenters. The Balaban J connectivity index is 1.79. The number of primary amides is 1. The lowest BCUT2D eigenvalue weighted by atomic mass is 9.82. The fourth-order valence-corrected chi connectivity index (χ4v) is 6.49. The Bertz CT molecular complexity index is 1760. The summed E-state index contributed by atoms with van der Waals surface area (Å²) in [6, 6.07) is 9.33. The zero-order chi connectivity index (χ0) is 26.0. The Kier molecular flexibility index (Phi) is 5.38. The van der Waals surface area contributed by atoms with E-state index < -0.39 is 5.91 Å². The molecule has 0 bridgehead atoms. The predicted molar refractivity (Wildman–Crippen MR) is 146 cm³/mol. The van der Waals surface area contributed by atoms with Gasteiger partial charge in [0.2, 0.25) is 11.7 Å². The molecule has 3 aromatic heterocycles. The number of hydrogen-bond acceptors (Lipinski definition) is 5. The maximum absolute atomic E-state index is 13.2. The van der Waals surface area contributed by atoms with E-state index in [1.165, 1.54) is 11.3 Å². The Labute approximate surface area is 217 Å². The molecule has 2 N–H and O–H groups in total. The first-order valence-electron chi connectivity index (χ1n) is 12.3. The van der Waals surface area contributed by atoms with Gasteiger partial charge in [0, 0.05) is 58.3 Å². The first kappa shape index (κ1) is 23.4. The highest BCUT2D eigenvalue weighted by molar-refractivity contribution is 7.12. The second-order valence-electron chi connectivity index (χ2n) is 10.1. The highest BCUT2D eigenvalue weighted by Gasteiger charge is 2.32. The molecular formula is C29H26N4O3S. The molecule has 0 saturated heterocycles. The Morgan fingerprint density at radius 1 is 1.22 bits per heavy atom. The minimum absolute atomic E-state index is 0.0672. The van der Waals surface area contributed by atoms with Crippen LogP contribution in [0.15, 0.2) is 41.9 Å². The second-order valence-corrected chi connectivity index (χ2v) is 11.0. The summed E-state index contributed by atoms with van der Waals surface area (Å²) in [6.07, 6.45) is 4.03. The van der Waals surface area contributed by atoms with E-state index in [2.05, 4.69) is 23.5 Å². The third kappa shape index (κ3) is 3.47. The van der Waals surface area contributed by atoms with Gasteiger partial charge in [-0.25, -0.2) is 0 Å². The lowest BCUT2D eigenvalue weighted by Gasteiger charge is -2.23. The van der Waals surface area contributed by atoms with Crippen molar-refractivity contribution in [3.8, 4) is 11.1 Å². The van der Waals surface area contributed by atoms with E-state index in [0.717, 1.165) is 52.5 Å². The largest absolute Gasteiger partial charge is 0.366 e. The van der Waals surface area contributed by atoms with Crippen LogP contribution in [0.4, 0.5) is 0 Å². The molecule has 6 rings (SSSR count). The Morgan fingerprint density at radius 2 is 2.03 bits per heavy atom. The predicted octanol–water partition coefficient (Wildman–Crippen LogP) is 5.15. The fourth-order valence-electron chi connectivity index (χ4n) is 5.80. The Hall–Kier alpha value is -4.04. The molecule has 0 radical (unpaired) electrons. The van der Waals surface area contributed by atoms with Crippen LogP contribution in [-0.4, -0.2) is 32.3 Å². The van der Waals surface area contributed by atoms with Crippen molar-refractivity contribution in [1.82, 2.24) is 14.3 Å². The summed E-state index contributed by atoms with van der Waals surface area (Å²) in [5, 5.41) is 7.93. The van der Waals surface area contributed by atoms with Crippen LogP contribution in [-0.2, 0) is 26.4 Å². The van der Waals surface area contributed by atoms with Gasteiger partial charge in [0.25, 0.3) is 0 Å². The summed E-state index contributed by atoms with van der Waals surface area (Å²) in [5.41, 5.74) is 12.3. The number of fused-ring (bicyclic) bond motifs is 7. The molecule has 5 aromatic rings. The van der Waals surface area contributed by atoms with Crippen molar-refractivity contribution in [2.24, 2.45) is 18.7 Å². The van der Waals surface area contributed by atoms with Crippen LogP contribution in [0.1, 0.15) is 61.1 Å². The molecule has 0 saturated carbocycles. The van der Waals surface area contributed by atoms with E-state index in [9.17, 15) is 14.4 Å². The highest BCUT2D eigenvalue weighted by Crippen LogP contribution is 2.45. The summed E-state index contributed by atoms with van der Waals surface area (Å²) in [7, 11) is 1.85. The van der Waals surface area contributed by atoms with Gasteiger partial charge < -0.3 is 10.3 Å². The molecule has 186 valence electrons. The van der Waals surface area contributed by atoms with Crippen LogP contribution in [0.3, 0.4) is 0 Å². The summed E-state index contributed by atoms with van der Waals surface area (Å²) in [4.78, 5) is 39.5. The van der Waals surface area contributed by atoms with Crippen LogP contribution in [0.2, 0.25) is 0 Å². The third-order valence-electron chi connectivity index (χ3n) is 7.15. The summed E-state index contributed by atoms with van der Waals surface area (Å²) in [6.45, 7) is 5.02. The molecule has 2 aromatic carbocycles. The average Bonchev–Trinajstić information content (AvgIpc) is 3.60. The topological polar surface area (TPSA) is 100.0 Å². The van der Waals surface area contributed by atoms with Gasteiger partial charge in [0.15, 0.2) is 6.29 Å². The van der Waals surface area contributed by atoms with Crippen molar-refractivity contribution in [1.29, 1.82) is 0 Å². The molecule has 1 aliphatic carbocycles. The Morgan fingerprint density at radius 3 is 2.70 bits per heavy atom. The van der Waals surface area contributed by atoms with Crippen LogP contribution in [0.5, 0.6) is 0 Å². The number of amides is 1. The van der Waals surface area contributed by atoms with Gasteiger partial charge >= 0.3 is 0 Å². The van der Waals surface area contributed by atoms with Crippen molar-refractivity contribution >= 4 is 51.1 Å². The number of aryl methyl sites for hydroxylation is 3. The standard InChI is InChI=1S/C29H26N4O3S/c1-15(2)12-33-22-9-6-16(28(35)23-5-4-10-37-23)11-18(22)25-20(14-34)26(29(30)36)24-17(27(25)33)7-8-21-19(24)13-32(3)31-21/h4-6,9-11,13-15H,7-8,12H2,1-3H3,(H2,30,36). The highest BCUT2D eigenvalue weighted by atomic mass is 32.1. The van der Waals surface area contributed by atoms with Gasteiger partial charge in [-0.2, -0.15) is 5.10 Å². The van der Waals surface area contributed by atoms with Crippen molar-refractivity contribution in [3.05, 3.63) is 74.7 Å². The first-order valence-corrected chi connectivity index (χ1v) is 13.2. The average molecular weight is 511 g/mol. The number of aromatic nitrogens is 3. The van der Waals surface area contributed by atoms with Crippen LogP contribution < -0.4 is 5.73 Å². The van der Waals surface area contributed by atoms with Crippen molar-refractivity contribution in [3.63, 3.8) is 0 Å². The molecule has 0 fully saturated rings. The number of ketones is 1.